The van der Waals surface area contributed by atoms with Crippen molar-refractivity contribution < 1.29 is 0 Å². The normalized spacial score (nSPS) is 12.1. The molecular weight excluding hydrogens is 1350 g/mol. The van der Waals surface area contributed by atoms with E-state index in [1.54, 1.807) is 36.3 Å². The van der Waals surface area contributed by atoms with E-state index in [0.717, 1.165) is 0 Å². The lowest BCUT2D eigenvalue weighted by Crippen LogP contribution is -2.47. The molecule has 0 bridgehead atoms. The van der Waals surface area contributed by atoms with Crippen LogP contribution in [0.4, 0.5) is 0 Å². The SMILES string of the molecule is CCCCCCCCCCCCCCCC[Si](CCCCCCCCCCCCCCCC)(CCCCCCCCCCCCCCCC)c1ccc(-c2ccc([Si](CCCCCCCCCCCCCCCC)(CCCCCCCCCCCCCCCC)CCCCCCCCCCCCCCCC)cc2)cc1. The highest BCUT2D eigenvalue weighted by atomic mass is 28.3. The molecule has 0 atom stereocenters. The number of rotatable bonds is 93. The minimum Gasteiger partial charge on any atom is -0.0654 e. The lowest BCUT2D eigenvalue weighted by molar-refractivity contribution is 0.535. The molecule has 0 unspecified atom stereocenters. The summed E-state index contributed by atoms with van der Waals surface area (Å²) < 4.78 is 0. The minimum atomic E-state index is -1.74. The summed E-state index contributed by atoms with van der Waals surface area (Å²) in [4.78, 5) is 0. The molecule has 0 aliphatic rings. The standard InChI is InChI=1S/C108H206Si2/c1-7-13-19-25-31-37-43-49-55-61-67-73-79-85-99-109(100-86-80-74-68-62-56-50-44-38-32-26-20-14-8-2,101-87-81-75-69-63-57-51-45-39-33-27-21-15-9-3)107-95-91-105(92-96-107)106-93-97-108(98-94-106)110(102-88-82-76-70-64-58-52-46-40-34-28-22-16-10-4,103-89-83-77-71-65-59-53-47-41-35-29-23-17-11-5)104-90-84-78-72-66-60-54-48-42-36-30-24-18-12-6/h91-98H,7-90,99-104H2,1-6H3. The average Bonchev–Trinajstić information content (AvgIpc) is 0.803. The first-order valence-electron chi connectivity index (χ1n) is 52.8. The van der Waals surface area contributed by atoms with E-state index in [1.165, 1.54) is 550 Å². The third kappa shape index (κ3) is 63.9. The summed E-state index contributed by atoms with van der Waals surface area (Å²) in [7, 11) is -3.48. The molecule has 0 aliphatic heterocycles. The number of benzene rings is 2. The van der Waals surface area contributed by atoms with Crippen LogP contribution >= 0.6 is 0 Å². The van der Waals surface area contributed by atoms with Gasteiger partial charge in [0.25, 0.3) is 0 Å². The zero-order valence-corrected chi connectivity index (χ0v) is 79.3. The van der Waals surface area contributed by atoms with Crippen molar-refractivity contribution in [1.82, 2.24) is 0 Å². The molecule has 0 radical (unpaired) electrons. The molecule has 0 saturated heterocycles. The topological polar surface area (TPSA) is 0 Å². The van der Waals surface area contributed by atoms with Gasteiger partial charge in [-0.15, -0.1) is 0 Å². The first-order chi connectivity index (χ1) is 54.5. The molecule has 0 saturated carbocycles. The Labute approximate surface area is 698 Å². The summed E-state index contributed by atoms with van der Waals surface area (Å²) in [6.07, 6.45) is 123. The Hall–Kier alpha value is -1.13. The van der Waals surface area contributed by atoms with E-state index in [9.17, 15) is 0 Å². The fourth-order valence-electron chi connectivity index (χ4n) is 19.6. The van der Waals surface area contributed by atoms with Gasteiger partial charge in [-0.05, 0) is 11.1 Å². The van der Waals surface area contributed by atoms with Gasteiger partial charge in [-0.25, -0.2) is 0 Å². The second-order valence-corrected chi connectivity index (χ2v) is 47.1. The highest BCUT2D eigenvalue weighted by molar-refractivity contribution is 6.92. The van der Waals surface area contributed by atoms with Crippen LogP contribution in [0.5, 0.6) is 0 Å². The van der Waals surface area contributed by atoms with Crippen LogP contribution < -0.4 is 10.4 Å². The molecule has 2 aromatic rings. The second-order valence-electron chi connectivity index (χ2n) is 37.8. The van der Waals surface area contributed by atoms with Crippen molar-refractivity contribution >= 4 is 26.5 Å². The van der Waals surface area contributed by atoms with Crippen LogP contribution in [0.15, 0.2) is 48.5 Å². The van der Waals surface area contributed by atoms with Gasteiger partial charge in [0.2, 0.25) is 0 Å². The van der Waals surface area contributed by atoms with Crippen LogP contribution in [0.1, 0.15) is 581 Å². The summed E-state index contributed by atoms with van der Waals surface area (Å²) in [6.45, 7) is 14.1. The fraction of sp³-hybridized carbons (Fsp3) is 0.889. The smallest absolute Gasteiger partial charge is 0.0654 e. The van der Waals surface area contributed by atoms with E-state index < -0.39 is 16.1 Å². The van der Waals surface area contributed by atoms with Crippen molar-refractivity contribution in [1.29, 1.82) is 0 Å². The monoisotopic (exact) mass is 1560 g/mol. The molecular formula is C108H206Si2. The quantitative estimate of drug-likeness (QED) is 0.0457. The summed E-state index contributed by atoms with van der Waals surface area (Å²) in [6, 6.07) is 31.0. The number of hydrogen-bond acceptors (Lipinski definition) is 0. The highest BCUT2D eigenvalue weighted by Crippen LogP contribution is 2.35. The molecule has 0 fully saturated rings. The predicted octanol–water partition coefficient (Wildman–Crippen LogP) is 39.6. The van der Waals surface area contributed by atoms with Crippen molar-refractivity contribution in [2.75, 3.05) is 0 Å². The van der Waals surface area contributed by atoms with E-state index in [1.807, 2.05) is 10.4 Å². The molecule has 2 rings (SSSR count). The lowest BCUT2D eigenvalue weighted by Gasteiger charge is -2.34. The van der Waals surface area contributed by atoms with Gasteiger partial charge in [-0.2, -0.15) is 0 Å². The summed E-state index contributed by atoms with van der Waals surface area (Å²) in [5.74, 6) is 0. The largest absolute Gasteiger partial charge is 0.0867 e. The summed E-state index contributed by atoms with van der Waals surface area (Å²) in [5.41, 5.74) is 2.98. The van der Waals surface area contributed by atoms with Crippen molar-refractivity contribution in [3.63, 3.8) is 0 Å². The minimum absolute atomic E-state index is 1.37. The second kappa shape index (κ2) is 84.3. The van der Waals surface area contributed by atoms with Gasteiger partial charge >= 0.3 is 0 Å². The molecule has 0 aliphatic carbocycles. The van der Waals surface area contributed by atoms with E-state index in [-0.39, 0.29) is 0 Å². The van der Waals surface area contributed by atoms with Gasteiger partial charge < -0.3 is 0 Å². The molecule has 0 spiro atoms. The molecule has 0 nitrogen and oxygen atoms in total. The molecule has 0 amide bonds. The van der Waals surface area contributed by atoms with Crippen molar-refractivity contribution in [3.8, 4) is 11.1 Å². The van der Waals surface area contributed by atoms with Gasteiger partial charge in [-0.3, -0.25) is 0 Å². The van der Waals surface area contributed by atoms with Crippen LogP contribution in [0.25, 0.3) is 11.1 Å². The van der Waals surface area contributed by atoms with Crippen LogP contribution in [-0.2, 0) is 0 Å². The third-order valence-electron chi connectivity index (χ3n) is 27.4. The zero-order valence-electron chi connectivity index (χ0n) is 77.3. The molecule has 2 aromatic carbocycles. The van der Waals surface area contributed by atoms with E-state index in [2.05, 4.69) is 90.1 Å². The van der Waals surface area contributed by atoms with Crippen LogP contribution in [0.3, 0.4) is 0 Å². The predicted molar refractivity (Wildman–Crippen MR) is 513 cm³/mol. The maximum Gasteiger partial charge on any atom is 0.0867 e. The zero-order chi connectivity index (χ0) is 78.6. The molecule has 0 heterocycles. The van der Waals surface area contributed by atoms with Crippen molar-refractivity contribution in [3.05, 3.63) is 48.5 Å². The average molecular weight is 1560 g/mol. The van der Waals surface area contributed by atoms with Crippen LogP contribution in [0, 0.1) is 0 Å². The first kappa shape index (κ1) is 105. The Balaban J connectivity index is 2.44. The Morgan fingerprint density at radius 2 is 0.209 bits per heavy atom. The van der Waals surface area contributed by atoms with E-state index >= 15 is 0 Å². The molecule has 0 N–H and O–H groups in total. The Bertz CT molecular complexity index is 1730. The third-order valence-corrected chi connectivity index (χ3v) is 38.4. The van der Waals surface area contributed by atoms with E-state index in [0.29, 0.717) is 0 Å². The lowest BCUT2D eigenvalue weighted by atomic mass is 10.0. The van der Waals surface area contributed by atoms with Crippen molar-refractivity contribution in [2.45, 2.75) is 617 Å². The summed E-state index contributed by atoms with van der Waals surface area (Å²) >= 11 is 0. The van der Waals surface area contributed by atoms with Gasteiger partial charge in [0.05, 0.1) is 16.1 Å². The van der Waals surface area contributed by atoms with Crippen LogP contribution in [0.2, 0.25) is 36.3 Å². The maximum atomic E-state index is 2.77. The van der Waals surface area contributed by atoms with Crippen molar-refractivity contribution in [2.24, 2.45) is 0 Å². The molecule has 646 valence electrons. The highest BCUT2D eigenvalue weighted by Gasteiger charge is 2.35. The molecule has 2 heteroatoms. The maximum absolute atomic E-state index is 2.77. The van der Waals surface area contributed by atoms with Gasteiger partial charge in [0.15, 0.2) is 0 Å². The summed E-state index contributed by atoms with van der Waals surface area (Å²) in [5, 5.41) is 3.69. The van der Waals surface area contributed by atoms with Gasteiger partial charge in [0, 0.05) is 0 Å². The van der Waals surface area contributed by atoms with Gasteiger partial charge in [0.1, 0.15) is 0 Å². The molecule has 0 aromatic heterocycles. The Morgan fingerprint density at radius 3 is 0.309 bits per heavy atom. The van der Waals surface area contributed by atoms with Gasteiger partial charge in [-0.1, -0.05) is 676 Å². The Morgan fingerprint density at radius 1 is 0.118 bits per heavy atom. The molecule has 110 heavy (non-hydrogen) atoms. The Kier molecular flexibility index (Phi) is 80.5. The fourth-order valence-corrected chi connectivity index (χ4v) is 30.1. The first-order valence-corrected chi connectivity index (χ1v) is 58.0. The van der Waals surface area contributed by atoms with Crippen LogP contribution in [-0.4, -0.2) is 16.1 Å². The van der Waals surface area contributed by atoms with E-state index in [4.69, 9.17) is 0 Å². The number of unbranched alkanes of at least 4 members (excludes halogenated alkanes) is 78. The number of hydrogen-bond donors (Lipinski definition) is 0.